The predicted molar refractivity (Wildman–Crippen MR) is 89.3 cm³/mol. The molecule has 3 rings (SSSR count). The van der Waals surface area contributed by atoms with Gasteiger partial charge in [0.25, 0.3) is 0 Å². The maximum atomic E-state index is 12.3. The number of hydrogen-bond acceptors (Lipinski definition) is 3. The topological polar surface area (TPSA) is 47.6 Å². The van der Waals surface area contributed by atoms with E-state index in [9.17, 15) is 8.78 Å². The van der Waals surface area contributed by atoms with Gasteiger partial charge in [0, 0.05) is 6.42 Å². The number of nitrogens with two attached hydrogens (primary N) is 1. The fourth-order valence-electron chi connectivity index (χ4n) is 3.06. The smallest absolute Gasteiger partial charge is 0.387 e. The molecule has 0 spiro atoms. The highest BCUT2D eigenvalue weighted by molar-refractivity contribution is 6.32. The molecule has 1 aliphatic rings. The highest BCUT2D eigenvalue weighted by Gasteiger charge is 2.38. The lowest BCUT2D eigenvalue weighted by Crippen LogP contribution is -2.24. The number of alkyl halides is 2. The second-order valence-corrected chi connectivity index (χ2v) is 5.74. The van der Waals surface area contributed by atoms with Crippen molar-refractivity contribution in [2.24, 2.45) is 10.7 Å². The Morgan fingerprint density at radius 1 is 1.13 bits per heavy atom. The lowest BCUT2D eigenvalue weighted by atomic mass is 9.79. The summed E-state index contributed by atoms with van der Waals surface area (Å²) in [5.74, 6) is 0.748. The molecule has 0 amide bonds. The van der Waals surface area contributed by atoms with Crippen molar-refractivity contribution in [1.29, 1.82) is 0 Å². The van der Waals surface area contributed by atoms with E-state index in [0.29, 0.717) is 12.3 Å². The first kappa shape index (κ1) is 15.5. The van der Waals surface area contributed by atoms with Gasteiger partial charge in [-0.3, -0.25) is 4.99 Å². The second-order valence-electron chi connectivity index (χ2n) is 5.74. The monoisotopic (exact) mass is 314 g/mol. The molecule has 2 aromatic carbocycles. The van der Waals surface area contributed by atoms with Crippen molar-refractivity contribution in [1.82, 2.24) is 0 Å². The van der Waals surface area contributed by atoms with E-state index in [1.165, 1.54) is 0 Å². The third-order valence-electron chi connectivity index (χ3n) is 4.13. The summed E-state index contributed by atoms with van der Waals surface area (Å²) in [7, 11) is 2.03. The Hall–Kier alpha value is -2.37. The first-order valence-electron chi connectivity index (χ1n) is 7.46. The van der Waals surface area contributed by atoms with Crippen LogP contribution in [0.2, 0.25) is 0 Å². The Balaban J connectivity index is 2.04. The van der Waals surface area contributed by atoms with Crippen molar-refractivity contribution in [3.05, 3.63) is 59.7 Å². The van der Waals surface area contributed by atoms with Crippen LogP contribution < -0.4 is 15.9 Å². The molecule has 1 atom stereocenters. The summed E-state index contributed by atoms with van der Waals surface area (Å²) in [6.07, 6.45) is 1.47. The van der Waals surface area contributed by atoms with Crippen LogP contribution in [-0.2, 0) is 5.54 Å². The first-order valence-corrected chi connectivity index (χ1v) is 7.46. The summed E-state index contributed by atoms with van der Waals surface area (Å²) in [5, 5.41) is 0. The van der Waals surface area contributed by atoms with Gasteiger partial charge in [0.15, 0.2) is 0 Å². The number of halogens is 2. The average Bonchev–Trinajstić information content (AvgIpc) is 2.91. The number of nitrogens with zero attached hydrogens (tertiary/aromatic N) is 1. The molecule has 0 bridgehead atoms. The summed E-state index contributed by atoms with van der Waals surface area (Å²) in [5.41, 5.74) is 8.51. The second kappa shape index (κ2) is 6.03. The average molecular weight is 314 g/mol. The molecule has 1 unspecified atom stereocenters. The van der Waals surface area contributed by atoms with Gasteiger partial charge in [-0.25, -0.2) is 0 Å². The largest absolute Gasteiger partial charge is 0.435 e. The number of aliphatic imine (C=N–C) groups is 1. The van der Waals surface area contributed by atoms with Crippen LogP contribution in [-0.4, -0.2) is 20.3 Å². The molecule has 23 heavy (non-hydrogen) atoms. The minimum absolute atomic E-state index is 0.137. The molecule has 0 saturated carbocycles. The number of benzene rings is 2. The summed E-state index contributed by atoms with van der Waals surface area (Å²) in [6.45, 7) is -2.83. The van der Waals surface area contributed by atoms with Gasteiger partial charge >= 0.3 is 6.61 Å². The zero-order chi connectivity index (χ0) is 16.4. The van der Waals surface area contributed by atoms with Gasteiger partial charge in [0.2, 0.25) is 0 Å². The van der Waals surface area contributed by atoms with Crippen LogP contribution in [0.25, 0.3) is 0 Å². The van der Waals surface area contributed by atoms with Crippen LogP contribution in [0.5, 0.6) is 5.75 Å². The highest BCUT2D eigenvalue weighted by Crippen LogP contribution is 2.42. The summed E-state index contributed by atoms with van der Waals surface area (Å²) >= 11 is 0. The number of amidine groups is 1. The molecule has 0 fully saturated rings. The molecule has 2 aromatic rings. The zero-order valence-corrected chi connectivity index (χ0v) is 12.8. The third-order valence-corrected chi connectivity index (χ3v) is 4.13. The molecule has 118 valence electrons. The van der Waals surface area contributed by atoms with Crippen molar-refractivity contribution >= 4 is 19.1 Å². The van der Waals surface area contributed by atoms with Crippen molar-refractivity contribution in [2.45, 2.75) is 25.0 Å². The quantitative estimate of drug-likeness (QED) is 0.877. The van der Waals surface area contributed by atoms with Crippen LogP contribution >= 0.6 is 0 Å². The molecule has 0 radical (unpaired) electrons. The van der Waals surface area contributed by atoms with Crippen molar-refractivity contribution in [3.8, 4) is 5.75 Å². The lowest BCUT2D eigenvalue weighted by molar-refractivity contribution is -0.0498. The van der Waals surface area contributed by atoms with Crippen LogP contribution in [0.15, 0.2) is 53.5 Å². The molecule has 0 saturated heterocycles. The third kappa shape index (κ3) is 3.06. The van der Waals surface area contributed by atoms with E-state index < -0.39 is 12.2 Å². The molecular weight excluding hydrogens is 297 g/mol. The maximum Gasteiger partial charge on any atom is 0.387 e. The van der Waals surface area contributed by atoms with Crippen LogP contribution in [0.4, 0.5) is 8.78 Å². The SMILES string of the molecule is Bc1cccc(C2(c3ccc(OC(F)F)cc3)CCC(N)=N2)c1. The van der Waals surface area contributed by atoms with Gasteiger partial charge in [-0.2, -0.15) is 8.78 Å². The summed E-state index contributed by atoms with van der Waals surface area (Å²) in [4.78, 5) is 4.70. The summed E-state index contributed by atoms with van der Waals surface area (Å²) in [6, 6.07) is 14.8. The van der Waals surface area contributed by atoms with E-state index in [1.807, 2.05) is 26.0 Å². The van der Waals surface area contributed by atoms with Gasteiger partial charge < -0.3 is 10.5 Å². The predicted octanol–water partition coefficient (Wildman–Crippen LogP) is 1.94. The molecular formula is C17H17BF2N2O. The molecule has 1 aliphatic heterocycles. The van der Waals surface area contributed by atoms with Gasteiger partial charge in [-0.05, 0) is 29.7 Å². The van der Waals surface area contributed by atoms with E-state index in [4.69, 9.17) is 10.7 Å². The Morgan fingerprint density at radius 3 is 2.43 bits per heavy atom. The lowest BCUT2D eigenvalue weighted by Gasteiger charge is -2.28. The molecule has 2 N–H and O–H groups in total. The number of ether oxygens (including phenoxy) is 1. The van der Waals surface area contributed by atoms with Crippen molar-refractivity contribution < 1.29 is 13.5 Å². The number of hydrogen-bond donors (Lipinski definition) is 1. The van der Waals surface area contributed by atoms with Gasteiger partial charge in [-0.1, -0.05) is 41.9 Å². The van der Waals surface area contributed by atoms with E-state index >= 15 is 0 Å². The zero-order valence-electron chi connectivity index (χ0n) is 12.8. The van der Waals surface area contributed by atoms with Gasteiger partial charge in [0.05, 0.1) is 5.84 Å². The molecule has 0 aliphatic carbocycles. The fraction of sp³-hybridized carbons (Fsp3) is 0.235. The minimum atomic E-state index is -2.83. The Bertz CT molecular complexity index is 734. The van der Waals surface area contributed by atoms with Gasteiger partial charge in [0.1, 0.15) is 19.1 Å². The van der Waals surface area contributed by atoms with Gasteiger partial charge in [-0.15, -0.1) is 0 Å². The van der Waals surface area contributed by atoms with Crippen LogP contribution in [0.1, 0.15) is 24.0 Å². The number of rotatable bonds is 4. The highest BCUT2D eigenvalue weighted by atomic mass is 19.3. The van der Waals surface area contributed by atoms with E-state index in [0.717, 1.165) is 23.0 Å². The Kier molecular flexibility index (Phi) is 4.07. The standard InChI is InChI=1S/C17H17BF2N2O/c18-13-3-1-2-12(10-13)17(9-8-15(21)22-17)11-4-6-14(7-5-11)23-16(19)20/h1-7,10,16H,8-9,18H2,(H2,21,22). The Labute approximate surface area is 134 Å². The van der Waals surface area contributed by atoms with Crippen molar-refractivity contribution in [2.75, 3.05) is 0 Å². The maximum absolute atomic E-state index is 12.3. The molecule has 1 heterocycles. The normalized spacial score (nSPS) is 20.6. The van der Waals surface area contributed by atoms with Crippen LogP contribution in [0.3, 0.4) is 0 Å². The molecule has 0 aromatic heterocycles. The van der Waals surface area contributed by atoms with E-state index in [2.05, 4.69) is 10.8 Å². The molecule has 6 heteroatoms. The van der Waals surface area contributed by atoms with E-state index in [-0.39, 0.29) is 5.75 Å². The van der Waals surface area contributed by atoms with E-state index in [1.54, 1.807) is 24.3 Å². The van der Waals surface area contributed by atoms with Crippen LogP contribution in [0, 0.1) is 0 Å². The first-order chi connectivity index (χ1) is 11.0. The molecule has 3 nitrogen and oxygen atoms in total. The summed E-state index contributed by atoms with van der Waals surface area (Å²) < 4.78 is 29.0. The Morgan fingerprint density at radius 2 is 1.87 bits per heavy atom. The fourth-order valence-corrected chi connectivity index (χ4v) is 3.06. The van der Waals surface area contributed by atoms with Crippen molar-refractivity contribution in [3.63, 3.8) is 0 Å². The minimum Gasteiger partial charge on any atom is -0.435 e.